The standard InChI is InChI=1S/C9H11ClN2O/c1-12-9(11)7-4-3-6(10)5-8(7)13-2/h3-5H,1-2H3,(H2,11,12). The third kappa shape index (κ3) is 2.12. The van der Waals surface area contributed by atoms with E-state index in [4.69, 9.17) is 22.1 Å². The van der Waals surface area contributed by atoms with Gasteiger partial charge in [-0.25, -0.2) is 0 Å². The normalized spacial score (nSPS) is 11.5. The summed E-state index contributed by atoms with van der Waals surface area (Å²) in [6.45, 7) is 0. The number of hydrogen-bond acceptors (Lipinski definition) is 2. The van der Waals surface area contributed by atoms with Crippen LogP contribution >= 0.6 is 11.6 Å². The molecule has 1 aromatic carbocycles. The van der Waals surface area contributed by atoms with Crippen LogP contribution in [0.25, 0.3) is 0 Å². The van der Waals surface area contributed by atoms with E-state index >= 15 is 0 Å². The zero-order valence-corrected chi connectivity index (χ0v) is 8.30. The van der Waals surface area contributed by atoms with Gasteiger partial charge in [0.05, 0.1) is 12.7 Å². The Morgan fingerprint density at radius 2 is 2.23 bits per heavy atom. The molecule has 70 valence electrons. The van der Waals surface area contributed by atoms with Gasteiger partial charge in [-0.15, -0.1) is 0 Å². The van der Waals surface area contributed by atoms with Crippen LogP contribution in [0.2, 0.25) is 5.02 Å². The first-order valence-electron chi connectivity index (χ1n) is 3.75. The first-order valence-corrected chi connectivity index (χ1v) is 4.13. The Balaban J connectivity index is 3.21. The quantitative estimate of drug-likeness (QED) is 0.581. The molecule has 0 radical (unpaired) electrons. The van der Waals surface area contributed by atoms with Crippen molar-refractivity contribution in [1.29, 1.82) is 0 Å². The minimum Gasteiger partial charge on any atom is -0.496 e. The smallest absolute Gasteiger partial charge is 0.131 e. The summed E-state index contributed by atoms with van der Waals surface area (Å²) in [6, 6.07) is 5.23. The summed E-state index contributed by atoms with van der Waals surface area (Å²) in [6.07, 6.45) is 0. The van der Waals surface area contributed by atoms with E-state index in [2.05, 4.69) is 4.99 Å². The van der Waals surface area contributed by atoms with Crippen molar-refractivity contribution in [3.8, 4) is 5.75 Å². The molecule has 0 aliphatic carbocycles. The lowest BCUT2D eigenvalue weighted by Gasteiger charge is -2.07. The summed E-state index contributed by atoms with van der Waals surface area (Å²) in [5, 5.41) is 0.615. The number of methoxy groups -OCH3 is 1. The number of aliphatic imine (C=N–C) groups is 1. The van der Waals surface area contributed by atoms with Crippen LogP contribution in [0.1, 0.15) is 5.56 Å². The van der Waals surface area contributed by atoms with Gasteiger partial charge in [-0.1, -0.05) is 11.6 Å². The van der Waals surface area contributed by atoms with Crippen LogP contribution in [0.3, 0.4) is 0 Å². The molecular formula is C9H11ClN2O. The zero-order chi connectivity index (χ0) is 9.84. The fraction of sp³-hybridized carbons (Fsp3) is 0.222. The van der Waals surface area contributed by atoms with E-state index in [-0.39, 0.29) is 0 Å². The van der Waals surface area contributed by atoms with Crippen molar-refractivity contribution >= 4 is 17.4 Å². The highest BCUT2D eigenvalue weighted by atomic mass is 35.5. The van der Waals surface area contributed by atoms with E-state index in [9.17, 15) is 0 Å². The van der Waals surface area contributed by atoms with Crippen LogP contribution in [-0.2, 0) is 0 Å². The van der Waals surface area contributed by atoms with Crippen molar-refractivity contribution in [3.05, 3.63) is 28.8 Å². The lowest BCUT2D eigenvalue weighted by Crippen LogP contribution is -2.14. The van der Waals surface area contributed by atoms with Crippen molar-refractivity contribution in [2.45, 2.75) is 0 Å². The van der Waals surface area contributed by atoms with Gasteiger partial charge < -0.3 is 10.5 Å². The van der Waals surface area contributed by atoms with Crippen molar-refractivity contribution in [3.63, 3.8) is 0 Å². The summed E-state index contributed by atoms with van der Waals surface area (Å²) in [7, 11) is 3.20. The van der Waals surface area contributed by atoms with Gasteiger partial charge in [0, 0.05) is 12.1 Å². The fourth-order valence-corrected chi connectivity index (χ4v) is 1.16. The SMILES string of the molecule is CN=C(N)c1ccc(Cl)cc1OC. The second kappa shape index (κ2) is 4.14. The molecule has 0 saturated carbocycles. The molecule has 0 saturated heterocycles. The molecule has 2 N–H and O–H groups in total. The predicted octanol–water partition coefficient (Wildman–Crippen LogP) is 1.68. The maximum absolute atomic E-state index is 5.78. The van der Waals surface area contributed by atoms with E-state index in [0.29, 0.717) is 16.6 Å². The Kier molecular flexibility index (Phi) is 3.14. The molecule has 0 heterocycles. The van der Waals surface area contributed by atoms with Gasteiger partial charge in [0.25, 0.3) is 0 Å². The molecule has 0 unspecified atom stereocenters. The Morgan fingerprint density at radius 3 is 2.77 bits per heavy atom. The molecule has 0 aromatic heterocycles. The van der Waals surface area contributed by atoms with E-state index in [1.165, 1.54) is 0 Å². The molecule has 0 aliphatic rings. The number of rotatable bonds is 2. The van der Waals surface area contributed by atoms with E-state index in [1.54, 1.807) is 32.4 Å². The fourth-order valence-electron chi connectivity index (χ4n) is 0.997. The molecule has 0 fully saturated rings. The van der Waals surface area contributed by atoms with E-state index in [1.807, 2.05) is 0 Å². The average Bonchev–Trinajstić information content (AvgIpc) is 2.16. The molecule has 0 bridgehead atoms. The second-order valence-corrected chi connectivity index (χ2v) is 2.89. The minimum atomic E-state index is 0.438. The van der Waals surface area contributed by atoms with Gasteiger partial charge in [-0.2, -0.15) is 0 Å². The molecular weight excluding hydrogens is 188 g/mol. The predicted molar refractivity (Wildman–Crippen MR) is 54.7 cm³/mol. The molecule has 1 aromatic rings. The van der Waals surface area contributed by atoms with Crippen LogP contribution in [0, 0.1) is 0 Å². The van der Waals surface area contributed by atoms with Gasteiger partial charge in [-0.05, 0) is 18.2 Å². The van der Waals surface area contributed by atoms with Crippen molar-refractivity contribution < 1.29 is 4.74 Å². The first-order chi connectivity index (χ1) is 6.19. The van der Waals surface area contributed by atoms with Crippen LogP contribution in [0.5, 0.6) is 5.75 Å². The lowest BCUT2D eigenvalue weighted by molar-refractivity contribution is 0.414. The van der Waals surface area contributed by atoms with Crippen LogP contribution in [-0.4, -0.2) is 20.0 Å². The Labute approximate surface area is 82.2 Å². The second-order valence-electron chi connectivity index (χ2n) is 2.45. The summed E-state index contributed by atoms with van der Waals surface area (Å²) < 4.78 is 5.10. The Bertz CT molecular complexity index is 336. The number of nitrogens with two attached hydrogens (primary N) is 1. The average molecular weight is 199 g/mol. The summed E-state index contributed by atoms with van der Waals surface area (Å²) in [5.41, 5.74) is 6.41. The van der Waals surface area contributed by atoms with Crippen molar-refractivity contribution in [1.82, 2.24) is 0 Å². The first kappa shape index (κ1) is 9.86. The zero-order valence-electron chi connectivity index (χ0n) is 7.54. The third-order valence-corrected chi connectivity index (χ3v) is 1.92. The molecule has 1 rings (SSSR count). The highest BCUT2D eigenvalue weighted by Crippen LogP contribution is 2.22. The highest BCUT2D eigenvalue weighted by Gasteiger charge is 2.06. The largest absolute Gasteiger partial charge is 0.496 e. The molecule has 0 atom stereocenters. The maximum Gasteiger partial charge on any atom is 0.131 e. The summed E-state index contributed by atoms with van der Waals surface area (Å²) >= 11 is 5.78. The molecule has 13 heavy (non-hydrogen) atoms. The van der Waals surface area contributed by atoms with Gasteiger partial charge in [0.1, 0.15) is 11.6 Å². The molecule has 0 aliphatic heterocycles. The number of benzene rings is 1. The maximum atomic E-state index is 5.78. The lowest BCUT2D eigenvalue weighted by atomic mass is 10.2. The molecule has 4 heteroatoms. The van der Waals surface area contributed by atoms with Gasteiger partial charge >= 0.3 is 0 Å². The van der Waals surface area contributed by atoms with Crippen LogP contribution < -0.4 is 10.5 Å². The minimum absolute atomic E-state index is 0.438. The number of nitrogens with zero attached hydrogens (tertiary/aromatic N) is 1. The van der Waals surface area contributed by atoms with Crippen LogP contribution in [0.15, 0.2) is 23.2 Å². The summed E-state index contributed by atoms with van der Waals surface area (Å²) in [5.74, 6) is 1.07. The molecule has 0 amide bonds. The summed E-state index contributed by atoms with van der Waals surface area (Å²) in [4.78, 5) is 3.87. The van der Waals surface area contributed by atoms with Crippen molar-refractivity contribution in [2.75, 3.05) is 14.2 Å². The number of ether oxygens (including phenoxy) is 1. The van der Waals surface area contributed by atoms with Crippen molar-refractivity contribution in [2.24, 2.45) is 10.7 Å². The number of hydrogen-bond donors (Lipinski definition) is 1. The Hall–Kier alpha value is -1.22. The number of halogens is 1. The monoisotopic (exact) mass is 198 g/mol. The van der Waals surface area contributed by atoms with E-state index < -0.39 is 0 Å². The van der Waals surface area contributed by atoms with Gasteiger partial charge in [-0.3, -0.25) is 4.99 Å². The van der Waals surface area contributed by atoms with Gasteiger partial charge in [0.15, 0.2) is 0 Å². The number of amidine groups is 1. The highest BCUT2D eigenvalue weighted by molar-refractivity contribution is 6.30. The van der Waals surface area contributed by atoms with E-state index in [0.717, 1.165) is 5.56 Å². The Morgan fingerprint density at radius 1 is 1.54 bits per heavy atom. The molecule has 0 spiro atoms. The molecule has 3 nitrogen and oxygen atoms in total. The van der Waals surface area contributed by atoms with Crippen LogP contribution in [0.4, 0.5) is 0 Å². The topological polar surface area (TPSA) is 47.6 Å². The third-order valence-electron chi connectivity index (χ3n) is 1.68. The van der Waals surface area contributed by atoms with Gasteiger partial charge in [0.2, 0.25) is 0 Å².